The summed E-state index contributed by atoms with van der Waals surface area (Å²) in [6.45, 7) is 5.20. The largest absolute Gasteiger partial charge is 0.508 e. The molecule has 0 bridgehead atoms. The van der Waals surface area contributed by atoms with Crippen molar-refractivity contribution in [1.82, 2.24) is 14.8 Å². The van der Waals surface area contributed by atoms with Crippen LogP contribution in [0.15, 0.2) is 53.7 Å². The molecule has 3 aromatic rings. The first-order chi connectivity index (χ1) is 13.6. The summed E-state index contributed by atoms with van der Waals surface area (Å²) in [6, 6.07) is 14.1. The van der Waals surface area contributed by atoms with Crippen LogP contribution in [0.2, 0.25) is 0 Å². The van der Waals surface area contributed by atoms with Gasteiger partial charge in [-0.3, -0.25) is 4.79 Å². The maximum Gasteiger partial charge on any atom is 0.234 e. The lowest BCUT2D eigenvalue weighted by atomic mass is 10.2. The lowest BCUT2D eigenvalue weighted by Gasteiger charge is -2.08. The molecule has 2 N–H and O–H groups in total. The molecule has 0 saturated heterocycles. The summed E-state index contributed by atoms with van der Waals surface area (Å²) in [5, 5.41) is 21.4. The molecule has 0 radical (unpaired) electrons. The van der Waals surface area contributed by atoms with Gasteiger partial charge in [0.15, 0.2) is 11.0 Å². The number of carbonyl (C=O) groups is 1. The van der Waals surface area contributed by atoms with Crippen LogP contribution in [0.3, 0.4) is 0 Å². The van der Waals surface area contributed by atoms with Crippen LogP contribution in [0.4, 0.5) is 5.69 Å². The van der Waals surface area contributed by atoms with Gasteiger partial charge in [0.2, 0.25) is 5.91 Å². The second-order valence-corrected chi connectivity index (χ2v) is 6.83. The second kappa shape index (κ2) is 9.27. The second-order valence-electron chi connectivity index (χ2n) is 5.89. The lowest BCUT2D eigenvalue weighted by molar-refractivity contribution is -0.113. The van der Waals surface area contributed by atoms with Gasteiger partial charge in [0.25, 0.3) is 0 Å². The SMILES string of the molecule is CCOc1ccc(NC(=O)CSc2nnc(-c3ccc(O)cc3)n2CC)cc1. The summed E-state index contributed by atoms with van der Waals surface area (Å²) in [5.41, 5.74) is 1.58. The molecule has 0 aliphatic carbocycles. The number of amides is 1. The molecule has 146 valence electrons. The van der Waals surface area contributed by atoms with Gasteiger partial charge in [-0.25, -0.2) is 0 Å². The molecule has 7 nitrogen and oxygen atoms in total. The molecular weight excluding hydrogens is 376 g/mol. The number of thioether (sulfide) groups is 1. The maximum atomic E-state index is 12.3. The average Bonchev–Trinajstić information content (AvgIpc) is 3.11. The zero-order valence-corrected chi connectivity index (χ0v) is 16.6. The first-order valence-corrected chi connectivity index (χ1v) is 9.97. The van der Waals surface area contributed by atoms with E-state index in [2.05, 4.69) is 15.5 Å². The van der Waals surface area contributed by atoms with Crippen molar-refractivity contribution in [2.45, 2.75) is 25.5 Å². The van der Waals surface area contributed by atoms with Gasteiger partial charge in [-0.2, -0.15) is 0 Å². The van der Waals surface area contributed by atoms with Crippen LogP contribution in [0, 0.1) is 0 Å². The Kier molecular flexibility index (Phi) is 6.54. The molecule has 0 aliphatic heterocycles. The predicted octanol–water partition coefficient (Wildman–Crippen LogP) is 3.80. The molecule has 1 aromatic heterocycles. The van der Waals surface area contributed by atoms with Crippen molar-refractivity contribution in [3.63, 3.8) is 0 Å². The molecule has 1 heterocycles. The Morgan fingerprint density at radius 2 is 1.82 bits per heavy atom. The fourth-order valence-electron chi connectivity index (χ4n) is 2.63. The molecule has 0 unspecified atom stereocenters. The third-order valence-corrected chi connectivity index (χ3v) is 4.91. The van der Waals surface area contributed by atoms with Crippen LogP contribution in [-0.4, -0.2) is 38.1 Å². The minimum atomic E-state index is -0.119. The molecular formula is C20H22N4O3S. The monoisotopic (exact) mass is 398 g/mol. The average molecular weight is 398 g/mol. The quantitative estimate of drug-likeness (QED) is 0.561. The normalized spacial score (nSPS) is 10.6. The highest BCUT2D eigenvalue weighted by molar-refractivity contribution is 7.99. The van der Waals surface area contributed by atoms with Gasteiger partial charge in [0, 0.05) is 17.8 Å². The molecule has 1 amide bonds. The fourth-order valence-corrected chi connectivity index (χ4v) is 3.44. The number of aromatic nitrogens is 3. The van der Waals surface area contributed by atoms with Crippen LogP contribution in [0.5, 0.6) is 11.5 Å². The summed E-state index contributed by atoms with van der Waals surface area (Å²) in [6.07, 6.45) is 0. The number of phenolic OH excluding ortho intramolecular Hbond substituents is 1. The maximum absolute atomic E-state index is 12.3. The van der Waals surface area contributed by atoms with Gasteiger partial charge >= 0.3 is 0 Å². The minimum absolute atomic E-state index is 0.119. The molecule has 0 spiro atoms. The standard InChI is InChI=1S/C20H22N4O3S/c1-3-24-19(14-5-9-16(25)10-6-14)22-23-20(24)28-13-18(26)21-15-7-11-17(12-8-15)27-4-2/h5-12,25H,3-4,13H2,1-2H3,(H,21,26). The topological polar surface area (TPSA) is 89.3 Å². The number of benzene rings is 2. The van der Waals surface area contributed by atoms with Crippen molar-refractivity contribution in [2.24, 2.45) is 0 Å². The van der Waals surface area contributed by atoms with E-state index < -0.39 is 0 Å². The van der Waals surface area contributed by atoms with Crippen molar-refractivity contribution < 1.29 is 14.6 Å². The highest BCUT2D eigenvalue weighted by atomic mass is 32.2. The first-order valence-electron chi connectivity index (χ1n) is 8.98. The number of carbonyl (C=O) groups excluding carboxylic acids is 1. The zero-order valence-electron chi connectivity index (χ0n) is 15.8. The predicted molar refractivity (Wildman–Crippen MR) is 110 cm³/mol. The number of hydrogen-bond donors (Lipinski definition) is 2. The minimum Gasteiger partial charge on any atom is -0.508 e. The third-order valence-electron chi connectivity index (χ3n) is 3.94. The highest BCUT2D eigenvalue weighted by Crippen LogP contribution is 2.25. The molecule has 0 fully saturated rings. The Morgan fingerprint density at radius 1 is 1.11 bits per heavy atom. The van der Waals surface area contributed by atoms with Gasteiger partial charge in [-0.05, 0) is 62.4 Å². The number of hydrogen-bond acceptors (Lipinski definition) is 6. The number of rotatable bonds is 8. The smallest absolute Gasteiger partial charge is 0.234 e. The Bertz CT molecular complexity index is 924. The summed E-state index contributed by atoms with van der Waals surface area (Å²) in [7, 11) is 0. The number of phenols is 1. The van der Waals surface area contributed by atoms with Crippen LogP contribution < -0.4 is 10.1 Å². The van der Waals surface area contributed by atoms with Gasteiger partial charge in [0.1, 0.15) is 11.5 Å². The number of nitrogens with one attached hydrogen (secondary N) is 1. The molecule has 3 rings (SSSR count). The van der Waals surface area contributed by atoms with Crippen molar-refractivity contribution >= 4 is 23.4 Å². The van der Waals surface area contributed by atoms with Gasteiger partial charge in [-0.15, -0.1) is 10.2 Å². The van der Waals surface area contributed by atoms with Gasteiger partial charge in [0.05, 0.1) is 12.4 Å². The summed E-state index contributed by atoms with van der Waals surface area (Å²) >= 11 is 1.33. The van der Waals surface area contributed by atoms with Crippen molar-refractivity contribution in [3.8, 4) is 22.9 Å². The van der Waals surface area contributed by atoms with E-state index in [4.69, 9.17) is 4.74 Å². The van der Waals surface area contributed by atoms with Crippen LogP contribution in [0.25, 0.3) is 11.4 Å². The molecule has 8 heteroatoms. The van der Waals surface area contributed by atoms with E-state index in [-0.39, 0.29) is 17.4 Å². The van der Waals surface area contributed by atoms with Crippen molar-refractivity contribution in [2.75, 3.05) is 17.7 Å². The van der Waals surface area contributed by atoms with Gasteiger partial charge in [-0.1, -0.05) is 11.8 Å². The van der Waals surface area contributed by atoms with Crippen LogP contribution in [0.1, 0.15) is 13.8 Å². The summed E-state index contributed by atoms with van der Waals surface area (Å²) in [4.78, 5) is 12.3. The molecule has 0 saturated carbocycles. The fraction of sp³-hybridized carbons (Fsp3) is 0.250. The number of nitrogens with zero attached hydrogens (tertiary/aromatic N) is 3. The molecule has 0 atom stereocenters. The molecule has 2 aromatic carbocycles. The number of ether oxygens (including phenoxy) is 1. The van der Waals surface area contributed by atoms with Crippen LogP contribution in [-0.2, 0) is 11.3 Å². The van der Waals surface area contributed by atoms with E-state index in [1.807, 2.05) is 42.7 Å². The van der Waals surface area contributed by atoms with Crippen molar-refractivity contribution in [3.05, 3.63) is 48.5 Å². The molecule has 28 heavy (non-hydrogen) atoms. The Balaban J connectivity index is 1.62. The lowest BCUT2D eigenvalue weighted by Crippen LogP contribution is -2.14. The first kappa shape index (κ1) is 19.8. The zero-order chi connectivity index (χ0) is 19.9. The molecule has 0 aliphatic rings. The van der Waals surface area contributed by atoms with E-state index in [1.54, 1.807) is 24.3 Å². The van der Waals surface area contributed by atoms with E-state index in [9.17, 15) is 9.90 Å². The van der Waals surface area contributed by atoms with E-state index >= 15 is 0 Å². The van der Waals surface area contributed by atoms with Crippen LogP contribution >= 0.6 is 11.8 Å². The Labute approximate surface area is 167 Å². The summed E-state index contributed by atoms with van der Waals surface area (Å²) < 4.78 is 7.34. The number of aromatic hydroxyl groups is 1. The Morgan fingerprint density at radius 3 is 2.46 bits per heavy atom. The summed E-state index contributed by atoms with van der Waals surface area (Å²) in [5.74, 6) is 1.78. The number of anilines is 1. The van der Waals surface area contributed by atoms with E-state index in [0.717, 1.165) is 17.0 Å². The van der Waals surface area contributed by atoms with Crippen molar-refractivity contribution in [1.29, 1.82) is 0 Å². The van der Waals surface area contributed by atoms with E-state index in [0.29, 0.717) is 24.1 Å². The highest BCUT2D eigenvalue weighted by Gasteiger charge is 2.14. The van der Waals surface area contributed by atoms with E-state index in [1.165, 1.54) is 11.8 Å². The van der Waals surface area contributed by atoms with Gasteiger partial charge < -0.3 is 19.7 Å². The third kappa shape index (κ3) is 4.83. The Hall–Kier alpha value is -3.00.